The predicted molar refractivity (Wildman–Crippen MR) is 76.1 cm³/mol. The molecular weight excluding hydrogens is 294 g/mol. The largest absolute Gasteiger partial charge is 0.321 e. The summed E-state index contributed by atoms with van der Waals surface area (Å²) in [5, 5.41) is 0. The number of fused-ring (bicyclic) bond motifs is 6. The molecule has 0 saturated heterocycles. The van der Waals surface area contributed by atoms with Crippen LogP contribution in [0.3, 0.4) is 0 Å². The van der Waals surface area contributed by atoms with Gasteiger partial charge in [0.25, 0.3) is 0 Å². The van der Waals surface area contributed by atoms with Crippen molar-refractivity contribution in [2.75, 3.05) is 0 Å². The highest BCUT2D eigenvalue weighted by molar-refractivity contribution is 6.16. The smallest absolute Gasteiger partial charge is 0.184 e. The molecule has 1 heterocycles. The van der Waals surface area contributed by atoms with Crippen molar-refractivity contribution in [2.45, 2.75) is 31.2 Å². The topological polar surface area (TPSA) is 17.8 Å². The maximum Gasteiger partial charge on any atom is 0.184 e. The van der Waals surface area contributed by atoms with Gasteiger partial charge in [-0.3, -0.25) is 0 Å². The normalized spacial score (nSPS) is 36.4. The Bertz CT molecular complexity index is 740. The molecule has 2 nitrogen and oxygen atoms in total. The van der Waals surface area contributed by atoms with Crippen molar-refractivity contribution < 1.29 is 8.78 Å². The molecule has 5 rings (SSSR count). The lowest BCUT2D eigenvalue weighted by atomic mass is 10.0. The summed E-state index contributed by atoms with van der Waals surface area (Å²) < 4.78 is 29.9. The Hall–Kier alpha value is -1.16. The summed E-state index contributed by atoms with van der Waals surface area (Å²) in [6, 6.07) is 2.98. The van der Waals surface area contributed by atoms with Gasteiger partial charge in [-0.15, -0.1) is 11.6 Å². The SMILES string of the molecule is Fc1ccc2nc(CCl)n(C3C4C5CCC(C5)C43)c2c1F. The van der Waals surface area contributed by atoms with Gasteiger partial charge in [-0.1, -0.05) is 0 Å². The molecular formula is C16H15ClF2N2. The van der Waals surface area contributed by atoms with Crippen LogP contribution in [0.1, 0.15) is 31.1 Å². The Morgan fingerprint density at radius 3 is 2.57 bits per heavy atom. The maximum absolute atomic E-state index is 14.3. The van der Waals surface area contributed by atoms with Gasteiger partial charge in [0.1, 0.15) is 11.3 Å². The van der Waals surface area contributed by atoms with Crippen molar-refractivity contribution in [2.24, 2.45) is 23.7 Å². The molecule has 0 amide bonds. The van der Waals surface area contributed by atoms with Crippen molar-refractivity contribution in [3.8, 4) is 0 Å². The minimum absolute atomic E-state index is 0.237. The Morgan fingerprint density at radius 2 is 1.90 bits per heavy atom. The second-order valence-electron chi connectivity index (χ2n) is 6.74. The van der Waals surface area contributed by atoms with E-state index in [1.807, 2.05) is 4.57 Å². The highest BCUT2D eigenvalue weighted by Gasteiger charge is 2.66. The zero-order valence-electron chi connectivity index (χ0n) is 11.4. The summed E-state index contributed by atoms with van der Waals surface area (Å²) in [5.41, 5.74) is 0.825. The molecule has 4 atom stereocenters. The molecule has 21 heavy (non-hydrogen) atoms. The van der Waals surface area contributed by atoms with Gasteiger partial charge in [0.2, 0.25) is 0 Å². The first-order valence-corrected chi connectivity index (χ1v) is 8.15. The van der Waals surface area contributed by atoms with E-state index >= 15 is 0 Å². The minimum Gasteiger partial charge on any atom is -0.321 e. The average Bonchev–Trinajstić information content (AvgIpc) is 2.85. The first-order valence-electron chi connectivity index (χ1n) is 7.61. The van der Waals surface area contributed by atoms with E-state index < -0.39 is 11.6 Å². The van der Waals surface area contributed by atoms with Crippen LogP contribution in [0.25, 0.3) is 11.0 Å². The van der Waals surface area contributed by atoms with Crippen molar-refractivity contribution in [3.05, 3.63) is 29.6 Å². The van der Waals surface area contributed by atoms with E-state index in [2.05, 4.69) is 4.98 Å². The summed E-state index contributed by atoms with van der Waals surface area (Å²) in [5.74, 6) is 2.12. The van der Waals surface area contributed by atoms with Crippen LogP contribution in [-0.4, -0.2) is 9.55 Å². The van der Waals surface area contributed by atoms with Crippen LogP contribution in [0.2, 0.25) is 0 Å². The molecule has 2 aromatic rings. The number of benzene rings is 1. The van der Waals surface area contributed by atoms with E-state index in [1.165, 1.54) is 19.3 Å². The molecule has 0 N–H and O–H groups in total. The van der Waals surface area contributed by atoms with Gasteiger partial charge in [-0.25, -0.2) is 13.8 Å². The Labute approximate surface area is 126 Å². The number of imidazole rings is 1. The highest BCUT2D eigenvalue weighted by atomic mass is 35.5. The third-order valence-corrected chi connectivity index (χ3v) is 6.17. The standard InChI is InChI=1S/C16H15ClF2N2/c17-6-11-20-10-4-3-9(18)14(19)15(10)21(11)16-12-7-1-2-8(5-7)13(12)16/h3-4,7-8,12-13,16H,1-2,5-6H2. The van der Waals surface area contributed by atoms with Crippen molar-refractivity contribution in [1.82, 2.24) is 9.55 Å². The quantitative estimate of drug-likeness (QED) is 0.758. The number of aromatic nitrogens is 2. The summed E-state index contributed by atoms with van der Waals surface area (Å²) in [4.78, 5) is 4.42. The molecule has 4 unspecified atom stereocenters. The fourth-order valence-corrected chi connectivity index (χ4v) is 5.40. The van der Waals surface area contributed by atoms with Crippen LogP contribution in [0.4, 0.5) is 8.78 Å². The van der Waals surface area contributed by atoms with E-state index in [0.717, 1.165) is 17.9 Å². The Balaban J connectivity index is 1.71. The molecule has 1 aromatic carbocycles. The zero-order valence-corrected chi connectivity index (χ0v) is 12.2. The van der Waals surface area contributed by atoms with E-state index in [9.17, 15) is 8.78 Å². The fraction of sp³-hybridized carbons (Fsp3) is 0.562. The van der Waals surface area contributed by atoms with Crippen LogP contribution in [-0.2, 0) is 5.88 Å². The van der Waals surface area contributed by atoms with Gasteiger partial charge in [0, 0.05) is 6.04 Å². The van der Waals surface area contributed by atoms with Gasteiger partial charge in [0.15, 0.2) is 11.6 Å². The lowest BCUT2D eigenvalue weighted by Gasteiger charge is -2.13. The Morgan fingerprint density at radius 1 is 1.19 bits per heavy atom. The lowest BCUT2D eigenvalue weighted by molar-refractivity contribution is 0.448. The van der Waals surface area contributed by atoms with Crippen LogP contribution in [0.15, 0.2) is 12.1 Å². The third kappa shape index (κ3) is 1.44. The zero-order chi connectivity index (χ0) is 14.3. The van der Waals surface area contributed by atoms with E-state index in [4.69, 9.17) is 11.6 Å². The van der Waals surface area contributed by atoms with Gasteiger partial charge < -0.3 is 4.57 Å². The van der Waals surface area contributed by atoms with E-state index in [0.29, 0.717) is 28.7 Å². The number of alkyl halides is 1. The van der Waals surface area contributed by atoms with Gasteiger partial charge >= 0.3 is 0 Å². The molecule has 2 bridgehead atoms. The van der Waals surface area contributed by atoms with Gasteiger partial charge in [-0.2, -0.15) is 0 Å². The molecule has 3 aliphatic rings. The second-order valence-corrected chi connectivity index (χ2v) is 7.01. The summed E-state index contributed by atoms with van der Waals surface area (Å²) in [6.45, 7) is 0. The first kappa shape index (κ1) is 12.4. The number of nitrogens with zero attached hydrogens (tertiary/aromatic N) is 2. The highest BCUT2D eigenvalue weighted by Crippen LogP contribution is 2.72. The van der Waals surface area contributed by atoms with Crippen molar-refractivity contribution in [3.63, 3.8) is 0 Å². The lowest BCUT2D eigenvalue weighted by Crippen LogP contribution is -2.09. The molecule has 5 heteroatoms. The molecule has 110 valence electrons. The monoisotopic (exact) mass is 308 g/mol. The number of rotatable bonds is 2. The second kappa shape index (κ2) is 3.97. The van der Waals surface area contributed by atoms with Crippen LogP contribution < -0.4 is 0 Å². The molecule has 0 radical (unpaired) electrons. The first-order chi connectivity index (χ1) is 10.2. The number of hydrogen-bond acceptors (Lipinski definition) is 1. The molecule has 0 spiro atoms. The number of hydrogen-bond donors (Lipinski definition) is 0. The molecule has 3 fully saturated rings. The molecule has 3 saturated carbocycles. The molecule has 3 aliphatic carbocycles. The fourth-order valence-electron chi connectivity index (χ4n) is 5.21. The maximum atomic E-state index is 14.3. The predicted octanol–water partition coefficient (Wildman–Crippen LogP) is 4.27. The summed E-state index contributed by atoms with van der Waals surface area (Å²) in [6.07, 6.45) is 3.91. The summed E-state index contributed by atoms with van der Waals surface area (Å²) in [7, 11) is 0. The number of halogens is 3. The van der Waals surface area contributed by atoms with Crippen LogP contribution in [0, 0.1) is 35.3 Å². The molecule has 1 aromatic heterocycles. The minimum atomic E-state index is -0.807. The van der Waals surface area contributed by atoms with Crippen molar-refractivity contribution in [1.29, 1.82) is 0 Å². The van der Waals surface area contributed by atoms with Gasteiger partial charge in [0.05, 0.1) is 11.4 Å². The summed E-state index contributed by atoms with van der Waals surface area (Å²) >= 11 is 6.01. The van der Waals surface area contributed by atoms with Crippen molar-refractivity contribution >= 4 is 22.6 Å². The van der Waals surface area contributed by atoms with Crippen LogP contribution >= 0.6 is 11.6 Å². The van der Waals surface area contributed by atoms with Gasteiger partial charge in [-0.05, 0) is 55.1 Å². The average molecular weight is 309 g/mol. The van der Waals surface area contributed by atoms with E-state index in [1.54, 1.807) is 6.07 Å². The third-order valence-electron chi connectivity index (χ3n) is 5.93. The Kier molecular flexibility index (Phi) is 2.35. The molecule has 0 aliphatic heterocycles. The van der Waals surface area contributed by atoms with Crippen LogP contribution in [0.5, 0.6) is 0 Å². The van der Waals surface area contributed by atoms with E-state index in [-0.39, 0.29) is 11.9 Å².